The first-order valence-electron chi connectivity index (χ1n) is 8.86. The Kier molecular flexibility index (Phi) is 6.46. The Balaban J connectivity index is 1.98. The first-order valence-corrected chi connectivity index (χ1v) is 11.8. The van der Waals surface area contributed by atoms with Gasteiger partial charge in [0.25, 0.3) is 0 Å². The number of ether oxygens (including phenoxy) is 2. The van der Waals surface area contributed by atoms with Crippen molar-refractivity contribution in [3.05, 3.63) is 35.4 Å². The molecule has 2 N–H and O–H groups in total. The van der Waals surface area contributed by atoms with Crippen molar-refractivity contribution in [3.63, 3.8) is 0 Å². The number of aliphatic hydroxyl groups is 2. The molecule has 0 radical (unpaired) electrons. The van der Waals surface area contributed by atoms with Gasteiger partial charge in [-0.1, -0.05) is 45.0 Å². The molecule has 0 saturated carbocycles. The SMILES string of the molecule is CC(C)(C)[Si](C)(C)OCCC(O)(CO)C1OCc2ccccc2CO1. The highest BCUT2D eigenvalue weighted by molar-refractivity contribution is 6.74. The van der Waals surface area contributed by atoms with E-state index < -0.39 is 26.8 Å². The van der Waals surface area contributed by atoms with E-state index in [2.05, 4.69) is 33.9 Å². The van der Waals surface area contributed by atoms with Crippen molar-refractivity contribution in [3.8, 4) is 0 Å². The molecule has 142 valence electrons. The third-order valence-electron chi connectivity index (χ3n) is 5.42. The van der Waals surface area contributed by atoms with Crippen LogP contribution in [0.4, 0.5) is 0 Å². The lowest BCUT2D eigenvalue weighted by atomic mass is 10.0. The summed E-state index contributed by atoms with van der Waals surface area (Å²) in [6.45, 7) is 11.5. The fraction of sp³-hybridized carbons (Fsp3) is 0.684. The monoisotopic (exact) mass is 368 g/mol. The van der Waals surface area contributed by atoms with Crippen molar-refractivity contribution in [2.24, 2.45) is 0 Å². The molecule has 1 aliphatic rings. The average molecular weight is 369 g/mol. The van der Waals surface area contributed by atoms with Crippen LogP contribution >= 0.6 is 0 Å². The first-order chi connectivity index (χ1) is 11.6. The Morgan fingerprint density at radius 1 is 1.12 bits per heavy atom. The fourth-order valence-electron chi connectivity index (χ4n) is 2.50. The molecule has 6 heteroatoms. The van der Waals surface area contributed by atoms with Gasteiger partial charge in [-0.25, -0.2) is 0 Å². The summed E-state index contributed by atoms with van der Waals surface area (Å²) >= 11 is 0. The van der Waals surface area contributed by atoms with Crippen molar-refractivity contribution in [2.45, 2.75) is 70.4 Å². The molecule has 1 heterocycles. The lowest BCUT2D eigenvalue weighted by Gasteiger charge is -2.38. The van der Waals surface area contributed by atoms with E-state index in [0.29, 0.717) is 19.8 Å². The molecular formula is C19H32O5Si. The van der Waals surface area contributed by atoms with Crippen molar-refractivity contribution in [1.82, 2.24) is 0 Å². The fourth-order valence-corrected chi connectivity index (χ4v) is 3.54. The highest BCUT2D eigenvalue weighted by atomic mass is 28.4. The summed E-state index contributed by atoms with van der Waals surface area (Å²) in [6.07, 6.45) is -0.621. The Morgan fingerprint density at radius 2 is 1.64 bits per heavy atom. The topological polar surface area (TPSA) is 68.2 Å². The Morgan fingerprint density at radius 3 is 2.08 bits per heavy atom. The standard InChI is InChI=1S/C19H32O5Si/c1-18(2,3)25(4,5)24-11-10-19(21,14-20)17-22-12-15-8-6-7-9-16(15)13-23-17/h6-9,17,20-21H,10-14H2,1-5H3. The van der Waals surface area contributed by atoms with E-state index in [4.69, 9.17) is 13.9 Å². The van der Waals surface area contributed by atoms with Crippen LogP contribution in [0.15, 0.2) is 24.3 Å². The maximum Gasteiger partial charge on any atom is 0.191 e. The first kappa shape index (κ1) is 20.5. The van der Waals surface area contributed by atoms with E-state index in [9.17, 15) is 10.2 Å². The number of rotatable bonds is 6. The highest BCUT2D eigenvalue weighted by Gasteiger charge is 2.41. The summed E-state index contributed by atoms with van der Waals surface area (Å²) in [4.78, 5) is 0. The smallest absolute Gasteiger partial charge is 0.191 e. The number of benzene rings is 1. The molecule has 5 nitrogen and oxygen atoms in total. The van der Waals surface area contributed by atoms with Gasteiger partial charge in [0.2, 0.25) is 0 Å². The second-order valence-corrected chi connectivity index (χ2v) is 13.2. The maximum atomic E-state index is 10.9. The van der Waals surface area contributed by atoms with Gasteiger partial charge in [0.15, 0.2) is 14.6 Å². The van der Waals surface area contributed by atoms with Gasteiger partial charge >= 0.3 is 0 Å². The van der Waals surface area contributed by atoms with Gasteiger partial charge in [-0.3, -0.25) is 0 Å². The lowest BCUT2D eigenvalue weighted by Crippen LogP contribution is -2.50. The lowest BCUT2D eigenvalue weighted by molar-refractivity contribution is -0.256. The molecular weight excluding hydrogens is 336 g/mol. The van der Waals surface area contributed by atoms with Gasteiger partial charge in [0.05, 0.1) is 19.8 Å². The van der Waals surface area contributed by atoms with Gasteiger partial charge < -0.3 is 24.1 Å². The third-order valence-corrected chi connectivity index (χ3v) is 9.95. The molecule has 0 aromatic heterocycles. The predicted molar refractivity (Wildman–Crippen MR) is 99.6 cm³/mol. The molecule has 1 aliphatic heterocycles. The minimum absolute atomic E-state index is 0.0985. The summed E-state index contributed by atoms with van der Waals surface area (Å²) in [5.74, 6) is 0. The summed E-state index contributed by atoms with van der Waals surface area (Å²) in [6, 6.07) is 7.88. The Labute approximate surface area is 152 Å². The van der Waals surface area contributed by atoms with Crippen LogP contribution < -0.4 is 0 Å². The third kappa shape index (κ3) is 4.90. The van der Waals surface area contributed by atoms with Crippen LogP contribution in [0.5, 0.6) is 0 Å². The van der Waals surface area contributed by atoms with Crippen LogP contribution in [-0.2, 0) is 27.1 Å². The summed E-state index contributed by atoms with van der Waals surface area (Å²) in [5, 5.41) is 20.8. The van der Waals surface area contributed by atoms with Gasteiger partial charge in [-0.2, -0.15) is 0 Å². The molecule has 1 atom stereocenters. The molecule has 0 fully saturated rings. The zero-order valence-corrected chi connectivity index (χ0v) is 17.0. The number of hydrogen-bond donors (Lipinski definition) is 2. The van der Waals surface area contributed by atoms with E-state index in [-0.39, 0.29) is 11.5 Å². The van der Waals surface area contributed by atoms with E-state index in [1.165, 1.54) is 0 Å². The molecule has 0 bridgehead atoms. The van der Waals surface area contributed by atoms with E-state index in [0.717, 1.165) is 11.1 Å². The molecule has 1 aromatic rings. The summed E-state index contributed by atoms with van der Waals surface area (Å²) < 4.78 is 17.6. The van der Waals surface area contributed by atoms with Crippen LogP contribution in [0.25, 0.3) is 0 Å². The van der Waals surface area contributed by atoms with Gasteiger partial charge in [0.1, 0.15) is 5.60 Å². The molecule has 25 heavy (non-hydrogen) atoms. The van der Waals surface area contributed by atoms with Crippen molar-refractivity contribution >= 4 is 8.32 Å². The largest absolute Gasteiger partial charge is 0.417 e. The molecule has 2 rings (SSSR count). The predicted octanol–water partition coefficient (Wildman–Crippen LogP) is 3.19. The second-order valence-electron chi connectivity index (χ2n) is 8.34. The van der Waals surface area contributed by atoms with Gasteiger partial charge in [-0.15, -0.1) is 0 Å². The second kappa shape index (κ2) is 7.86. The molecule has 0 amide bonds. The molecule has 1 unspecified atom stereocenters. The van der Waals surface area contributed by atoms with Crippen molar-refractivity contribution in [2.75, 3.05) is 13.2 Å². The molecule has 0 spiro atoms. The zero-order valence-electron chi connectivity index (χ0n) is 16.0. The number of hydrogen-bond acceptors (Lipinski definition) is 5. The van der Waals surface area contributed by atoms with Crippen molar-refractivity contribution < 1.29 is 24.1 Å². The summed E-state index contributed by atoms with van der Waals surface area (Å²) in [5.41, 5.74) is 0.607. The van der Waals surface area contributed by atoms with E-state index in [1.54, 1.807) is 0 Å². The zero-order chi connectivity index (χ0) is 18.7. The van der Waals surface area contributed by atoms with Crippen LogP contribution in [-0.4, -0.2) is 43.6 Å². The highest BCUT2D eigenvalue weighted by Crippen LogP contribution is 2.37. The van der Waals surface area contributed by atoms with Gasteiger partial charge in [-0.05, 0) is 29.3 Å². The molecule has 1 aromatic carbocycles. The van der Waals surface area contributed by atoms with Crippen LogP contribution in [0, 0.1) is 0 Å². The molecule has 0 saturated heterocycles. The molecule has 0 aliphatic carbocycles. The quantitative estimate of drug-likeness (QED) is 0.755. The Bertz CT molecular complexity index is 542. The van der Waals surface area contributed by atoms with Gasteiger partial charge in [0, 0.05) is 13.0 Å². The minimum Gasteiger partial charge on any atom is -0.417 e. The van der Waals surface area contributed by atoms with Crippen molar-refractivity contribution in [1.29, 1.82) is 0 Å². The number of aliphatic hydroxyl groups excluding tert-OH is 1. The summed E-state index contributed by atoms with van der Waals surface area (Å²) in [7, 11) is -1.90. The number of fused-ring (bicyclic) bond motifs is 1. The van der Waals surface area contributed by atoms with Crippen LogP contribution in [0.2, 0.25) is 18.1 Å². The van der Waals surface area contributed by atoms with Crippen LogP contribution in [0.3, 0.4) is 0 Å². The van der Waals surface area contributed by atoms with E-state index in [1.807, 2.05) is 24.3 Å². The normalized spacial score (nSPS) is 19.2. The van der Waals surface area contributed by atoms with E-state index >= 15 is 0 Å². The van der Waals surface area contributed by atoms with Crippen LogP contribution in [0.1, 0.15) is 38.3 Å². The average Bonchev–Trinajstić information content (AvgIpc) is 2.76. The minimum atomic E-state index is -1.90. The maximum absolute atomic E-state index is 10.9. The Hall–Kier alpha value is -0.763.